The summed E-state index contributed by atoms with van der Waals surface area (Å²) in [6.07, 6.45) is 2.03. The summed E-state index contributed by atoms with van der Waals surface area (Å²) in [6.45, 7) is 4.39. The molecule has 0 amide bonds. The van der Waals surface area contributed by atoms with Gasteiger partial charge in [-0.25, -0.2) is 0 Å². The van der Waals surface area contributed by atoms with Gasteiger partial charge in [0.2, 0.25) is 0 Å². The molecule has 1 N–H and O–H groups in total. The van der Waals surface area contributed by atoms with Crippen molar-refractivity contribution in [1.82, 2.24) is 5.32 Å². The van der Waals surface area contributed by atoms with Gasteiger partial charge in [-0.15, -0.1) is 0 Å². The van der Waals surface area contributed by atoms with E-state index in [-0.39, 0.29) is 11.5 Å². The van der Waals surface area contributed by atoms with Crippen LogP contribution in [0.1, 0.15) is 49.8 Å². The molecule has 1 saturated carbocycles. The van der Waals surface area contributed by atoms with Crippen LogP contribution in [0.2, 0.25) is 0 Å². The van der Waals surface area contributed by atoms with Crippen LogP contribution in [-0.2, 0) is 0 Å². The van der Waals surface area contributed by atoms with Gasteiger partial charge in [0, 0.05) is 0 Å². The smallest absolute Gasteiger partial charge is 0.0769 e. The Kier molecular flexibility index (Phi) is 3.22. The Morgan fingerprint density at radius 3 is 2.06 bits per heavy atom. The second kappa shape index (κ2) is 4.50. The maximum absolute atomic E-state index is 9.27. The summed E-state index contributed by atoms with van der Waals surface area (Å²) in [7, 11) is 1.94. The average Bonchev–Trinajstić information content (AvgIpc) is 3.12. The Balaban J connectivity index is 2.24. The van der Waals surface area contributed by atoms with E-state index in [0.717, 1.165) is 12.8 Å². The molecule has 1 aromatic carbocycles. The highest BCUT2D eigenvalue weighted by Gasteiger charge is 2.50. The molecule has 1 aromatic rings. The van der Waals surface area contributed by atoms with Crippen molar-refractivity contribution in [2.75, 3.05) is 7.05 Å². The zero-order valence-corrected chi connectivity index (χ0v) is 10.8. The van der Waals surface area contributed by atoms with Gasteiger partial charge in [-0.3, -0.25) is 0 Å². The van der Waals surface area contributed by atoms with E-state index < -0.39 is 0 Å². The van der Waals surface area contributed by atoms with Crippen LogP contribution < -0.4 is 5.32 Å². The van der Waals surface area contributed by atoms with Crippen molar-refractivity contribution in [3.63, 3.8) is 0 Å². The van der Waals surface area contributed by atoms with Crippen LogP contribution >= 0.6 is 0 Å². The molecule has 1 aliphatic carbocycles. The quantitative estimate of drug-likeness (QED) is 0.857. The fourth-order valence-electron chi connectivity index (χ4n) is 2.44. The van der Waals surface area contributed by atoms with E-state index in [1.807, 2.05) is 7.05 Å². The van der Waals surface area contributed by atoms with Gasteiger partial charge in [0.15, 0.2) is 0 Å². The van der Waals surface area contributed by atoms with E-state index in [9.17, 15) is 5.26 Å². The Morgan fingerprint density at radius 2 is 1.71 bits per heavy atom. The molecule has 1 atom stereocenters. The van der Waals surface area contributed by atoms with Crippen molar-refractivity contribution < 1.29 is 0 Å². The molecule has 0 aromatic heterocycles. The van der Waals surface area contributed by atoms with Crippen LogP contribution in [0.3, 0.4) is 0 Å². The average molecular weight is 228 g/mol. The summed E-state index contributed by atoms with van der Waals surface area (Å²) < 4.78 is 0. The molecule has 2 nitrogen and oxygen atoms in total. The molecular weight excluding hydrogens is 208 g/mol. The fraction of sp³-hybridized carbons (Fsp3) is 0.533. The molecule has 90 valence electrons. The molecule has 2 rings (SSSR count). The first kappa shape index (κ1) is 12.1. The highest BCUT2D eigenvalue weighted by molar-refractivity contribution is 5.32. The lowest BCUT2D eigenvalue weighted by molar-refractivity contribution is 0.444. The van der Waals surface area contributed by atoms with Crippen molar-refractivity contribution in [3.8, 4) is 6.07 Å². The molecule has 17 heavy (non-hydrogen) atoms. The number of nitrogens with one attached hydrogen (secondary N) is 1. The minimum atomic E-state index is -0.159. The Hall–Kier alpha value is -1.33. The first-order chi connectivity index (χ1) is 8.13. The highest BCUT2D eigenvalue weighted by atomic mass is 14.9. The summed E-state index contributed by atoms with van der Waals surface area (Å²) in [5.41, 5.74) is 2.43. The van der Waals surface area contributed by atoms with Gasteiger partial charge < -0.3 is 5.32 Å². The van der Waals surface area contributed by atoms with E-state index in [2.05, 4.69) is 49.5 Å². The summed E-state index contributed by atoms with van der Waals surface area (Å²) in [4.78, 5) is 0. The Bertz CT molecular complexity index is 421. The standard InChI is InChI=1S/C15H20N2/c1-11(2)12-4-6-13(7-5-12)14(17-3)15(10-16)8-9-15/h4-7,11,14,17H,8-9H2,1-3H3. The van der Waals surface area contributed by atoms with Gasteiger partial charge in [-0.05, 0) is 36.9 Å². The largest absolute Gasteiger partial charge is 0.312 e. The Morgan fingerprint density at radius 1 is 1.18 bits per heavy atom. The van der Waals surface area contributed by atoms with E-state index in [1.165, 1.54) is 11.1 Å². The number of benzene rings is 1. The zero-order valence-electron chi connectivity index (χ0n) is 10.8. The number of rotatable bonds is 4. The molecular formula is C15H20N2. The van der Waals surface area contributed by atoms with Gasteiger partial charge in [-0.1, -0.05) is 38.1 Å². The monoisotopic (exact) mass is 228 g/mol. The normalized spacial score (nSPS) is 18.8. The van der Waals surface area contributed by atoms with Crippen molar-refractivity contribution in [2.45, 2.75) is 38.6 Å². The number of nitrogens with zero attached hydrogens (tertiary/aromatic N) is 1. The molecule has 0 saturated heterocycles. The molecule has 1 unspecified atom stereocenters. The van der Waals surface area contributed by atoms with Gasteiger partial charge >= 0.3 is 0 Å². The number of hydrogen-bond donors (Lipinski definition) is 1. The van der Waals surface area contributed by atoms with Crippen molar-refractivity contribution in [1.29, 1.82) is 5.26 Å². The topological polar surface area (TPSA) is 35.8 Å². The SMILES string of the molecule is CNC(c1ccc(C(C)C)cc1)C1(C#N)CC1. The first-order valence-electron chi connectivity index (χ1n) is 6.31. The highest BCUT2D eigenvalue weighted by Crippen LogP contribution is 2.54. The fourth-order valence-corrected chi connectivity index (χ4v) is 2.44. The van der Waals surface area contributed by atoms with Crippen LogP contribution in [0.15, 0.2) is 24.3 Å². The predicted octanol–water partition coefficient (Wildman–Crippen LogP) is 3.37. The maximum Gasteiger partial charge on any atom is 0.0769 e. The van der Waals surface area contributed by atoms with E-state index in [0.29, 0.717) is 5.92 Å². The van der Waals surface area contributed by atoms with Gasteiger partial charge in [0.25, 0.3) is 0 Å². The predicted molar refractivity (Wildman–Crippen MR) is 69.6 cm³/mol. The minimum Gasteiger partial charge on any atom is -0.312 e. The number of nitriles is 1. The summed E-state index contributed by atoms with van der Waals surface area (Å²) in [6, 6.07) is 11.3. The summed E-state index contributed by atoms with van der Waals surface area (Å²) in [5, 5.41) is 12.6. The summed E-state index contributed by atoms with van der Waals surface area (Å²) >= 11 is 0. The van der Waals surface area contributed by atoms with Crippen molar-refractivity contribution in [3.05, 3.63) is 35.4 Å². The lowest BCUT2D eigenvalue weighted by Gasteiger charge is -2.21. The molecule has 0 spiro atoms. The lowest BCUT2D eigenvalue weighted by atomic mass is 9.90. The molecule has 0 radical (unpaired) electrons. The molecule has 0 aliphatic heterocycles. The van der Waals surface area contributed by atoms with Crippen LogP contribution in [0.25, 0.3) is 0 Å². The van der Waals surface area contributed by atoms with Gasteiger partial charge in [0.05, 0.1) is 17.5 Å². The minimum absolute atomic E-state index is 0.159. The van der Waals surface area contributed by atoms with Crippen LogP contribution in [-0.4, -0.2) is 7.05 Å². The molecule has 1 aliphatic rings. The lowest BCUT2D eigenvalue weighted by Crippen LogP contribution is -2.25. The number of hydrogen-bond acceptors (Lipinski definition) is 2. The van der Waals surface area contributed by atoms with Crippen LogP contribution in [0.4, 0.5) is 0 Å². The molecule has 2 heteroatoms. The third kappa shape index (κ3) is 2.21. The second-order valence-corrected chi connectivity index (χ2v) is 5.31. The third-order valence-corrected chi connectivity index (χ3v) is 3.79. The van der Waals surface area contributed by atoms with Crippen LogP contribution in [0, 0.1) is 16.7 Å². The van der Waals surface area contributed by atoms with E-state index in [1.54, 1.807) is 0 Å². The van der Waals surface area contributed by atoms with Gasteiger partial charge in [-0.2, -0.15) is 5.26 Å². The van der Waals surface area contributed by atoms with Crippen molar-refractivity contribution in [2.24, 2.45) is 5.41 Å². The van der Waals surface area contributed by atoms with Crippen LogP contribution in [0.5, 0.6) is 0 Å². The molecule has 0 bridgehead atoms. The summed E-state index contributed by atoms with van der Waals surface area (Å²) in [5.74, 6) is 0.558. The first-order valence-corrected chi connectivity index (χ1v) is 6.31. The Labute approximate surface area is 104 Å². The van der Waals surface area contributed by atoms with Crippen molar-refractivity contribution >= 4 is 0 Å². The van der Waals surface area contributed by atoms with Gasteiger partial charge in [0.1, 0.15) is 0 Å². The third-order valence-electron chi connectivity index (χ3n) is 3.79. The second-order valence-electron chi connectivity index (χ2n) is 5.31. The molecule has 0 heterocycles. The van der Waals surface area contributed by atoms with E-state index >= 15 is 0 Å². The molecule has 1 fully saturated rings. The zero-order chi connectivity index (χ0) is 12.5. The van der Waals surface area contributed by atoms with E-state index in [4.69, 9.17) is 0 Å². The maximum atomic E-state index is 9.27.